The van der Waals surface area contributed by atoms with Crippen molar-refractivity contribution in [2.24, 2.45) is 0 Å². The molecule has 1 aromatic heterocycles. The van der Waals surface area contributed by atoms with Crippen LogP contribution in [-0.4, -0.2) is 32.3 Å². The number of aliphatic hydroxyl groups is 1. The average Bonchev–Trinajstić information content (AvgIpc) is 2.68. The largest absolute Gasteiger partial charge is 0.478 e. The summed E-state index contributed by atoms with van der Waals surface area (Å²) in [5, 5.41) is 18.3. The molecule has 1 heterocycles. The van der Waals surface area contributed by atoms with Crippen LogP contribution in [0.1, 0.15) is 29.5 Å². The SMILES string of the molecule is CCCc1nc2cccc(C(=O)O)c2n1CCO. The van der Waals surface area contributed by atoms with E-state index in [0.717, 1.165) is 18.7 Å². The lowest BCUT2D eigenvalue weighted by molar-refractivity contribution is 0.0698. The van der Waals surface area contributed by atoms with E-state index < -0.39 is 5.97 Å². The van der Waals surface area contributed by atoms with E-state index in [1.807, 2.05) is 11.5 Å². The number of nitrogens with zero attached hydrogens (tertiary/aromatic N) is 2. The number of rotatable bonds is 5. The summed E-state index contributed by atoms with van der Waals surface area (Å²) in [6.45, 7) is 2.38. The Bertz CT molecular complexity index is 575. The Kier molecular flexibility index (Phi) is 3.62. The van der Waals surface area contributed by atoms with Crippen LogP contribution in [0, 0.1) is 0 Å². The van der Waals surface area contributed by atoms with E-state index in [0.29, 0.717) is 17.6 Å². The Morgan fingerprint density at radius 1 is 1.44 bits per heavy atom. The van der Waals surface area contributed by atoms with Gasteiger partial charge in [-0.25, -0.2) is 9.78 Å². The number of aryl methyl sites for hydroxylation is 1. The maximum atomic E-state index is 11.2. The van der Waals surface area contributed by atoms with Crippen molar-refractivity contribution in [3.63, 3.8) is 0 Å². The molecule has 0 bridgehead atoms. The number of aromatic carboxylic acids is 1. The van der Waals surface area contributed by atoms with E-state index in [2.05, 4.69) is 4.98 Å². The third-order valence-corrected chi connectivity index (χ3v) is 2.87. The van der Waals surface area contributed by atoms with Crippen molar-refractivity contribution >= 4 is 17.0 Å². The Morgan fingerprint density at radius 3 is 2.83 bits per heavy atom. The molecule has 0 spiro atoms. The summed E-state index contributed by atoms with van der Waals surface area (Å²) in [4.78, 5) is 15.7. The normalized spacial score (nSPS) is 11.0. The van der Waals surface area contributed by atoms with Crippen molar-refractivity contribution in [3.05, 3.63) is 29.6 Å². The average molecular weight is 248 g/mol. The number of carboxylic acid groups (broad SMARTS) is 1. The molecule has 2 rings (SSSR count). The summed E-state index contributed by atoms with van der Waals surface area (Å²) in [6, 6.07) is 5.06. The summed E-state index contributed by atoms with van der Waals surface area (Å²) in [7, 11) is 0. The summed E-state index contributed by atoms with van der Waals surface area (Å²) in [6.07, 6.45) is 1.70. The van der Waals surface area contributed by atoms with Crippen LogP contribution < -0.4 is 0 Å². The van der Waals surface area contributed by atoms with Gasteiger partial charge in [0.05, 0.1) is 23.2 Å². The monoisotopic (exact) mass is 248 g/mol. The number of imidazole rings is 1. The van der Waals surface area contributed by atoms with Crippen LogP contribution in [0.15, 0.2) is 18.2 Å². The van der Waals surface area contributed by atoms with Crippen LogP contribution in [0.25, 0.3) is 11.0 Å². The fourth-order valence-corrected chi connectivity index (χ4v) is 2.16. The molecule has 2 N–H and O–H groups in total. The molecule has 2 aromatic rings. The number of para-hydroxylation sites is 1. The fraction of sp³-hybridized carbons (Fsp3) is 0.385. The minimum absolute atomic E-state index is 0.0316. The smallest absolute Gasteiger partial charge is 0.337 e. The zero-order chi connectivity index (χ0) is 13.1. The lowest BCUT2D eigenvalue weighted by Gasteiger charge is -2.07. The van der Waals surface area contributed by atoms with Crippen molar-refractivity contribution in [3.8, 4) is 0 Å². The molecule has 0 fully saturated rings. The van der Waals surface area contributed by atoms with E-state index in [9.17, 15) is 9.90 Å². The standard InChI is InChI=1S/C13H16N2O3/c1-2-4-11-14-10-6-3-5-9(13(17)18)12(10)15(11)7-8-16/h3,5-6,16H,2,4,7-8H2,1H3,(H,17,18). The van der Waals surface area contributed by atoms with Gasteiger partial charge in [0.15, 0.2) is 0 Å². The molecule has 5 heteroatoms. The van der Waals surface area contributed by atoms with E-state index in [-0.39, 0.29) is 12.2 Å². The van der Waals surface area contributed by atoms with Crippen molar-refractivity contribution in [2.75, 3.05) is 6.61 Å². The van der Waals surface area contributed by atoms with Gasteiger partial charge in [-0.05, 0) is 18.6 Å². The van der Waals surface area contributed by atoms with E-state index in [4.69, 9.17) is 5.11 Å². The summed E-state index contributed by atoms with van der Waals surface area (Å²) in [5.74, 6) is -0.141. The Morgan fingerprint density at radius 2 is 2.22 bits per heavy atom. The van der Waals surface area contributed by atoms with Crippen molar-refractivity contribution in [1.82, 2.24) is 9.55 Å². The molecule has 0 saturated carbocycles. The summed E-state index contributed by atoms with van der Waals surface area (Å²) in [5.41, 5.74) is 1.50. The number of benzene rings is 1. The number of hydrogen-bond donors (Lipinski definition) is 2. The van der Waals surface area contributed by atoms with E-state index >= 15 is 0 Å². The number of fused-ring (bicyclic) bond motifs is 1. The van der Waals surface area contributed by atoms with Gasteiger partial charge < -0.3 is 14.8 Å². The molecule has 18 heavy (non-hydrogen) atoms. The minimum Gasteiger partial charge on any atom is -0.478 e. The van der Waals surface area contributed by atoms with Gasteiger partial charge in [0, 0.05) is 13.0 Å². The zero-order valence-corrected chi connectivity index (χ0v) is 10.3. The highest BCUT2D eigenvalue weighted by Gasteiger charge is 2.16. The predicted molar refractivity (Wildman–Crippen MR) is 67.8 cm³/mol. The first kappa shape index (κ1) is 12.6. The summed E-state index contributed by atoms with van der Waals surface area (Å²) < 4.78 is 1.81. The number of carbonyl (C=O) groups is 1. The van der Waals surface area contributed by atoms with Gasteiger partial charge in [-0.15, -0.1) is 0 Å². The first-order valence-corrected chi connectivity index (χ1v) is 6.01. The number of aromatic nitrogens is 2. The molecular formula is C13H16N2O3. The predicted octanol–water partition coefficient (Wildman–Crippen LogP) is 1.68. The van der Waals surface area contributed by atoms with E-state index in [1.54, 1.807) is 18.2 Å². The van der Waals surface area contributed by atoms with Gasteiger partial charge in [0.2, 0.25) is 0 Å². The molecule has 0 unspecified atom stereocenters. The van der Waals surface area contributed by atoms with Gasteiger partial charge in [0.1, 0.15) is 5.82 Å². The van der Waals surface area contributed by atoms with Gasteiger partial charge >= 0.3 is 5.97 Å². The second kappa shape index (κ2) is 5.18. The summed E-state index contributed by atoms with van der Waals surface area (Å²) >= 11 is 0. The first-order chi connectivity index (χ1) is 8.69. The molecule has 0 aliphatic heterocycles. The number of hydrogen-bond acceptors (Lipinski definition) is 3. The topological polar surface area (TPSA) is 75.3 Å². The molecule has 96 valence electrons. The molecule has 0 amide bonds. The second-order valence-electron chi connectivity index (χ2n) is 4.13. The maximum Gasteiger partial charge on any atom is 0.337 e. The van der Waals surface area contributed by atoms with Crippen molar-refractivity contribution in [2.45, 2.75) is 26.3 Å². The van der Waals surface area contributed by atoms with Gasteiger partial charge in [0.25, 0.3) is 0 Å². The quantitative estimate of drug-likeness (QED) is 0.844. The maximum absolute atomic E-state index is 11.2. The fourth-order valence-electron chi connectivity index (χ4n) is 2.16. The molecule has 5 nitrogen and oxygen atoms in total. The molecule has 0 aliphatic carbocycles. The van der Waals surface area contributed by atoms with Gasteiger partial charge in [-0.3, -0.25) is 0 Å². The first-order valence-electron chi connectivity index (χ1n) is 6.01. The second-order valence-corrected chi connectivity index (χ2v) is 4.13. The van der Waals surface area contributed by atoms with Crippen LogP contribution in [0.4, 0.5) is 0 Å². The highest BCUT2D eigenvalue weighted by Crippen LogP contribution is 2.21. The number of carboxylic acids is 1. The lowest BCUT2D eigenvalue weighted by Crippen LogP contribution is -2.09. The van der Waals surface area contributed by atoms with E-state index in [1.165, 1.54) is 0 Å². The third-order valence-electron chi connectivity index (χ3n) is 2.87. The van der Waals surface area contributed by atoms with Crippen LogP contribution in [-0.2, 0) is 13.0 Å². The Balaban J connectivity index is 2.70. The molecule has 0 saturated heterocycles. The van der Waals surface area contributed by atoms with Crippen LogP contribution in [0.3, 0.4) is 0 Å². The Hall–Kier alpha value is -1.88. The highest BCUT2D eigenvalue weighted by atomic mass is 16.4. The minimum atomic E-state index is -0.970. The van der Waals surface area contributed by atoms with Gasteiger partial charge in [-0.1, -0.05) is 13.0 Å². The number of aliphatic hydroxyl groups excluding tert-OH is 1. The molecule has 0 atom stereocenters. The molecule has 0 aliphatic rings. The molecular weight excluding hydrogens is 232 g/mol. The Labute approximate surface area is 105 Å². The molecule has 0 radical (unpaired) electrons. The van der Waals surface area contributed by atoms with Crippen LogP contribution in [0.5, 0.6) is 0 Å². The van der Waals surface area contributed by atoms with Crippen LogP contribution >= 0.6 is 0 Å². The molecule has 1 aromatic carbocycles. The zero-order valence-electron chi connectivity index (χ0n) is 10.3. The van der Waals surface area contributed by atoms with Crippen molar-refractivity contribution in [1.29, 1.82) is 0 Å². The third kappa shape index (κ3) is 2.09. The lowest BCUT2D eigenvalue weighted by atomic mass is 10.2. The van der Waals surface area contributed by atoms with Crippen LogP contribution in [0.2, 0.25) is 0 Å². The van der Waals surface area contributed by atoms with Gasteiger partial charge in [-0.2, -0.15) is 0 Å². The van der Waals surface area contributed by atoms with Crippen molar-refractivity contribution < 1.29 is 15.0 Å². The highest BCUT2D eigenvalue weighted by molar-refractivity contribution is 6.01.